The van der Waals surface area contributed by atoms with Crippen LogP contribution in [-0.2, 0) is 0 Å². The highest BCUT2D eigenvalue weighted by molar-refractivity contribution is 9.11. The number of benzene rings is 1. The fourth-order valence-corrected chi connectivity index (χ4v) is 2.37. The highest BCUT2D eigenvalue weighted by atomic mass is 79.9. The van der Waals surface area contributed by atoms with Crippen molar-refractivity contribution >= 4 is 49.2 Å². The van der Waals surface area contributed by atoms with Crippen molar-refractivity contribution in [3.8, 4) is 0 Å². The second kappa shape index (κ2) is 5.67. The van der Waals surface area contributed by atoms with Crippen LogP contribution < -0.4 is 10.6 Å². The summed E-state index contributed by atoms with van der Waals surface area (Å²) in [4.78, 5) is 8.35. The molecule has 0 aliphatic carbocycles. The van der Waals surface area contributed by atoms with Crippen LogP contribution in [0.25, 0.3) is 0 Å². The largest absolute Gasteiger partial charge is 0.372 e. The molecule has 0 amide bonds. The Morgan fingerprint density at radius 2 is 1.83 bits per heavy atom. The van der Waals surface area contributed by atoms with E-state index in [4.69, 9.17) is 0 Å². The van der Waals surface area contributed by atoms with Crippen molar-refractivity contribution in [2.75, 3.05) is 17.7 Å². The van der Waals surface area contributed by atoms with Gasteiger partial charge in [-0.25, -0.2) is 9.97 Å². The topological polar surface area (TPSA) is 49.8 Å². The molecule has 0 spiro atoms. The van der Waals surface area contributed by atoms with Gasteiger partial charge >= 0.3 is 0 Å². The van der Waals surface area contributed by atoms with Gasteiger partial charge in [-0.3, -0.25) is 0 Å². The SMILES string of the molecule is CNc1ncnc(Nc2cccc(Br)c2C)c1Br. The van der Waals surface area contributed by atoms with E-state index in [1.807, 2.05) is 32.2 Å². The van der Waals surface area contributed by atoms with Gasteiger partial charge in [0.25, 0.3) is 0 Å². The van der Waals surface area contributed by atoms with Crippen molar-refractivity contribution in [1.29, 1.82) is 0 Å². The summed E-state index contributed by atoms with van der Waals surface area (Å²) in [7, 11) is 1.82. The highest BCUT2D eigenvalue weighted by Crippen LogP contribution is 2.31. The molecule has 2 aromatic rings. The number of anilines is 3. The molecular weight excluding hydrogens is 360 g/mol. The van der Waals surface area contributed by atoms with Gasteiger partial charge in [0.2, 0.25) is 0 Å². The molecule has 6 heteroatoms. The zero-order chi connectivity index (χ0) is 13.1. The van der Waals surface area contributed by atoms with Crippen LogP contribution in [0.4, 0.5) is 17.3 Å². The molecule has 0 aliphatic heterocycles. The zero-order valence-electron chi connectivity index (χ0n) is 9.96. The predicted molar refractivity (Wildman–Crippen MR) is 81.4 cm³/mol. The lowest BCUT2D eigenvalue weighted by molar-refractivity contribution is 1.14. The molecule has 1 aromatic carbocycles. The van der Waals surface area contributed by atoms with Gasteiger partial charge in [-0.05, 0) is 40.5 Å². The maximum atomic E-state index is 4.23. The Labute approximate surface area is 122 Å². The minimum Gasteiger partial charge on any atom is -0.372 e. The molecule has 1 aromatic heterocycles. The van der Waals surface area contributed by atoms with E-state index in [0.29, 0.717) is 0 Å². The van der Waals surface area contributed by atoms with Gasteiger partial charge in [0.15, 0.2) is 0 Å². The van der Waals surface area contributed by atoms with Crippen molar-refractivity contribution in [1.82, 2.24) is 9.97 Å². The quantitative estimate of drug-likeness (QED) is 0.852. The van der Waals surface area contributed by atoms with Gasteiger partial charge in [-0.2, -0.15) is 0 Å². The molecule has 0 aliphatic rings. The molecule has 4 nitrogen and oxygen atoms in total. The van der Waals surface area contributed by atoms with Crippen LogP contribution in [0.1, 0.15) is 5.56 Å². The molecule has 0 atom stereocenters. The van der Waals surface area contributed by atoms with Crippen LogP contribution in [0.2, 0.25) is 0 Å². The first-order valence-corrected chi connectivity index (χ1v) is 6.92. The summed E-state index contributed by atoms with van der Waals surface area (Å²) in [5, 5.41) is 6.29. The number of hydrogen-bond acceptors (Lipinski definition) is 4. The van der Waals surface area contributed by atoms with Gasteiger partial charge in [0.05, 0.1) is 0 Å². The lowest BCUT2D eigenvalue weighted by atomic mass is 10.2. The Balaban J connectivity index is 2.37. The van der Waals surface area contributed by atoms with E-state index >= 15 is 0 Å². The Bertz CT molecular complexity index is 572. The second-order valence-electron chi connectivity index (χ2n) is 3.67. The van der Waals surface area contributed by atoms with Crippen LogP contribution in [-0.4, -0.2) is 17.0 Å². The number of aromatic nitrogens is 2. The first-order chi connectivity index (χ1) is 8.63. The van der Waals surface area contributed by atoms with Gasteiger partial charge in [-0.15, -0.1) is 0 Å². The number of nitrogens with zero attached hydrogens (tertiary/aromatic N) is 2. The fraction of sp³-hybridized carbons (Fsp3) is 0.167. The van der Waals surface area contributed by atoms with Crippen LogP contribution in [0.5, 0.6) is 0 Å². The summed E-state index contributed by atoms with van der Waals surface area (Å²) in [6, 6.07) is 6.00. The van der Waals surface area contributed by atoms with Crippen LogP contribution in [0.15, 0.2) is 33.5 Å². The number of hydrogen-bond donors (Lipinski definition) is 2. The number of nitrogens with one attached hydrogen (secondary N) is 2. The maximum Gasteiger partial charge on any atom is 0.150 e. The van der Waals surface area contributed by atoms with Gasteiger partial charge < -0.3 is 10.6 Å². The van der Waals surface area contributed by atoms with E-state index in [9.17, 15) is 0 Å². The molecule has 0 radical (unpaired) electrons. The minimum atomic E-state index is 0.732. The molecule has 0 saturated carbocycles. The number of rotatable bonds is 3. The maximum absolute atomic E-state index is 4.23. The molecule has 2 rings (SSSR count). The summed E-state index contributed by atoms with van der Waals surface area (Å²) in [6.45, 7) is 2.04. The molecule has 94 valence electrons. The summed E-state index contributed by atoms with van der Waals surface area (Å²) in [6.07, 6.45) is 1.52. The van der Waals surface area contributed by atoms with Gasteiger partial charge in [0, 0.05) is 17.2 Å². The molecule has 0 bridgehead atoms. The minimum absolute atomic E-state index is 0.732. The predicted octanol–water partition coefficient (Wildman–Crippen LogP) is 4.10. The zero-order valence-corrected chi connectivity index (χ0v) is 13.1. The van der Waals surface area contributed by atoms with E-state index < -0.39 is 0 Å². The fourth-order valence-electron chi connectivity index (χ4n) is 1.50. The molecule has 0 unspecified atom stereocenters. The second-order valence-corrected chi connectivity index (χ2v) is 5.32. The van der Waals surface area contributed by atoms with Crippen LogP contribution in [0.3, 0.4) is 0 Å². The van der Waals surface area contributed by atoms with Crippen molar-refractivity contribution in [3.05, 3.63) is 39.0 Å². The first-order valence-electron chi connectivity index (χ1n) is 5.34. The van der Waals surface area contributed by atoms with E-state index in [1.54, 1.807) is 0 Å². The third-order valence-electron chi connectivity index (χ3n) is 2.55. The Morgan fingerprint density at radius 3 is 2.56 bits per heavy atom. The molecule has 1 heterocycles. The molecule has 0 saturated heterocycles. The Hall–Kier alpha value is -1.14. The summed E-state index contributed by atoms with van der Waals surface area (Å²) < 4.78 is 1.87. The molecular formula is C12H12Br2N4. The Morgan fingerprint density at radius 1 is 1.11 bits per heavy atom. The third kappa shape index (κ3) is 2.64. The lowest BCUT2D eigenvalue weighted by Crippen LogP contribution is -2.01. The smallest absolute Gasteiger partial charge is 0.150 e. The summed E-state index contributed by atoms with van der Waals surface area (Å²) in [5.74, 6) is 1.48. The van der Waals surface area contributed by atoms with E-state index in [-0.39, 0.29) is 0 Å². The standard InChI is InChI=1S/C12H12Br2N4/c1-7-8(13)4-3-5-9(7)18-12-10(14)11(15-2)16-6-17-12/h3-6H,1-2H3,(H2,15,16,17,18). The highest BCUT2D eigenvalue weighted by Gasteiger charge is 2.09. The Kier molecular flexibility index (Phi) is 4.19. The molecule has 2 N–H and O–H groups in total. The normalized spacial score (nSPS) is 10.2. The van der Waals surface area contributed by atoms with Crippen molar-refractivity contribution < 1.29 is 0 Å². The van der Waals surface area contributed by atoms with Gasteiger partial charge in [0.1, 0.15) is 22.4 Å². The first kappa shape index (κ1) is 13.3. The average molecular weight is 372 g/mol. The average Bonchev–Trinajstić information content (AvgIpc) is 2.37. The number of halogens is 2. The van der Waals surface area contributed by atoms with E-state index in [0.717, 1.165) is 31.8 Å². The molecule has 18 heavy (non-hydrogen) atoms. The van der Waals surface area contributed by atoms with Crippen LogP contribution in [0, 0.1) is 6.92 Å². The monoisotopic (exact) mass is 370 g/mol. The lowest BCUT2D eigenvalue weighted by Gasteiger charge is -2.12. The molecule has 0 fully saturated rings. The third-order valence-corrected chi connectivity index (χ3v) is 4.16. The van der Waals surface area contributed by atoms with Crippen molar-refractivity contribution in [3.63, 3.8) is 0 Å². The van der Waals surface area contributed by atoms with Crippen molar-refractivity contribution in [2.24, 2.45) is 0 Å². The van der Waals surface area contributed by atoms with Crippen LogP contribution >= 0.6 is 31.9 Å². The van der Waals surface area contributed by atoms with E-state index in [2.05, 4.69) is 52.5 Å². The summed E-state index contributed by atoms with van der Waals surface area (Å²) in [5.41, 5.74) is 2.14. The van der Waals surface area contributed by atoms with Gasteiger partial charge in [-0.1, -0.05) is 22.0 Å². The van der Waals surface area contributed by atoms with Crippen molar-refractivity contribution in [2.45, 2.75) is 6.92 Å². The van der Waals surface area contributed by atoms with E-state index in [1.165, 1.54) is 6.33 Å². The summed E-state index contributed by atoms with van der Waals surface area (Å²) >= 11 is 6.99.